The molecule has 0 unspecified atom stereocenters. The zero-order valence-corrected chi connectivity index (χ0v) is 7.41. The number of thioether (sulfide) groups is 1. The molecule has 0 bridgehead atoms. The highest BCUT2D eigenvalue weighted by atomic mass is 32.2. The van der Waals surface area contributed by atoms with Gasteiger partial charge in [-0.3, -0.25) is 0 Å². The molecule has 10 heavy (non-hydrogen) atoms. The molecule has 0 N–H and O–H groups in total. The largest absolute Gasteiger partial charge is 0.501 e. The van der Waals surface area contributed by atoms with E-state index in [-0.39, 0.29) is 0 Å². The van der Waals surface area contributed by atoms with Gasteiger partial charge in [0.1, 0.15) is 0 Å². The summed E-state index contributed by atoms with van der Waals surface area (Å²) < 4.78 is 5.30. The van der Waals surface area contributed by atoms with Crippen LogP contribution in [-0.2, 0) is 4.74 Å². The summed E-state index contributed by atoms with van der Waals surface area (Å²) in [4.78, 5) is 0. The van der Waals surface area contributed by atoms with Crippen molar-refractivity contribution in [3.8, 4) is 0 Å². The lowest BCUT2D eigenvalue weighted by molar-refractivity contribution is 0.150. The third-order valence-corrected chi connectivity index (χ3v) is 3.37. The van der Waals surface area contributed by atoms with Gasteiger partial charge in [0, 0.05) is 16.9 Å². The van der Waals surface area contributed by atoms with Crippen molar-refractivity contribution in [2.75, 3.05) is 18.1 Å². The summed E-state index contributed by atoms with van der Waals surface area (Å²) in [6.45, 7) is 5.12. The van der Waals surface area contributed by atoms with Crippen LogP contribution in [0.1, 0.15) is 13.8 Å². The van der Waals surface area contributed by atoms with E-state index in [9.17, 15) is 0 Å². The minimum absolute atomic E-state index is 0.462. The normalized spacial score (nSPS) is 22.6. The third kappa shape index (κ3) is 1.94. The van der Waals surface area contributed by atoms with Gasteiger partial charge in [-0.1, -0.05) is 13.0 Å². The molecule has 0 aromatic heterocycles. The highest BCUT2D eigenvalue weighted by molar-refractivity contribution is 8.00. The predicted octanol–water partition coefficient (Wildman–Crippen LogP) is 2.29. The molecule has 0 radical (unpaired) electrons. The minimum atomic E-state index is 0.462. The summed E-state index contributed by atoms with van der Waals surface area (Å²) in [5.74, 6) is 2.51. The van der Waals surface area contributed by atoms with E-state index in [2.05, 4.69) is 6.92 Å². The van der Waals surface area contributed by atoms with Crippen LogP contribution in [0.15, 0.2) is 12.3 Å². The molecule has 0 aromatic rings. The van der Waals surface area contributed by atoms with Gasteiger partial charge in [0.25, 0.3) is 0 Å². The standard InChI is InChI=1S/C8H14OS/c1-3-4-9-5-8(2)6-10-7-8/h3-4H,5-7H2,1-2H3/b4-3+. The fourth-order valence-electron chi connectivity index (χ4n) is 0.879. The molecule has 0 amide bonds. The highest BCUT2D eigenvalue weighted by Gasteiger charge is 2.32. The number of allylic oxidation sites excluding steroid dienone is 1. The van der Waals surface area contributed by atoms with Crippen LogP contribution >= 0.6 is 11.8 Å². The Bertz CT molecular complexity index is 127. The van der Waals surface area contributed by atoms with Gasteiger partial charge in [0.05, 0.1) is 12.9 Å². The Morgan fingerprint density at radius 1 is 1.60 bits per heavy atom. The van der Waals surface area contributed by atoms with Gasteiger partial charge < -0.3 is 4.74 Å². The number of hydrogen-bond donors (Lipinski definition) is 0. The van der Waals surface area contributed by atoms with Crippen molar-refractivity contribution in [2.45, 2.75) is 13.8 Å². The first kappa shape index (κ1) is 7.99. The third-order valence-electron chi connectivity index (χ3n) is 1.57. The van der Waals surface area contributed by atoms with Crippen molar-refractivity contribution < 1.29 is 4.74 Å². The summed E-state index contributed by atoms with van der Waals surface area (Å²) in [5.41, 5.74) is 0.462. The van der Waals surface area contributed by atoms with E-state index in [1.807, 2.05) is 24.8 Å². The first-order chi connectivity index (χ1) is 4.77. The average Bonchev–Trinajstić information content (AvgIpc) is 1.85. The number of ether oxygens (including phenoxy) is 1. The molecular formula is C8H14OS. The molecule has 1 aliphatic heterocycles. The zero-order valence-electron chi connectivity index (χ0n) is 6.59. The second-order valence-electron chi connectivity index (χ2n) is 3.08. The van der Waals surface area contributed by atoms with Crippen molar-refractivity contribution in [1.82, 2.24) is 0 Å². The number of rotatable bonds is 3. The van der Waals surface area contributed by atoms with Gasteiger partial charge in [-0.2, -0.15) is 11.8 Å². The van der Waals surface area contributed by atoms with Crippen molar-refractivity contribution in [1.29, 1.82) is 0 Å². The van der Waals surface area contributed by atoms with Gasteiger partial charge in [0.15, 0.2) is 0 Å². The lowest BCUT2D eigenvalue weighted by atomic mass is 9.97. The molecule has 1 fully saturated rings. The zero-order chi connectivity index (χ0) is 7.45. The molecule has 1 saturated heterocycles. The van der Waals surface area contributed by atoms with Crippen molar-refractivity contribution in [2.24, 2.45) is 5.41 Å². The second kappa shape index (κ2) is 3.33. The van der Waals surface area contributed by atoms with Crippen molar-refractivity contribution in [3.05, 3.63) is 12.3 Å². The Balaban J connectivity index is 2.12. The molecule has 1 rings (SSSR count). The molecule has 58 valence electrons. The van der Waals surface area contributed by atoms with Gasteiger partial charge in [-0.15, -0.1) is 0 Å². The van der Waals surface area contributed by atoms with E-state index in [0.29, 0.717) is 5.41 Å². The molecule has 0 atom stereocenters. The summed E-state index contributed by atoms with van der Waals surface area (Å²) in [5, 5.41) is 0. The van der Waals surface area contributed by atoms with E-state index in [4.69, 9.17) is 4.74 Å². The highest BCUT2D eigenvalue weighted by Crippen LogP contribution is 2.37. The monoisotopic (exact) mass is 158 g/mol. The fraction of sp³-hybridized carbons (Fsp3) is 0.750. The summed E-state index contributed by atoms with van der Waals surface area (Å²) in [6.07, 6.45) is 3.70. The van der Waals surface area contributed by atoms with Crippen LogP contribution in [0.4, 0.5) is 0 Å². The Morgan fingerprint density at radius 3 is 2.70 bits per heavy atom. The van der Waals surface area contributed by atoms with Gasteiger partial charge in [-0.25, -0.2) is 0 Å². The first-order valence-corrected chi connectivity index (χ1v) is 4.73. The minimum Gasteiger partial charge on any atom is -0.501 e. The topological polar surface area (TPSA) is 9.23 Å². The Hall–Kier alpha value is -0.110. The van der Waals surface area contributed by atoms with Crippen LogP contribution in [-0.4, -0.2) is 18.1 Å². The average molecular weight is 158 g/mol. The maximum atomic E-state index is 5.30. The molecular weight excluding hydrogens is 144 g/mol. The molecule has 0 aromatic carbocycles. The van der Waals surface area contributed by atoms with Crippen molar-refractivity contribution >= 4 is 11.8 Å². The maximum Gasteiger partial charge on any atom is 0.0942 e. The molecule has 0 spiro atoms. The molecule has 1 heterocycles. The SMILES string of the molecule is C/C=C/OCC1(C)CSC1. The van der Waals surface area contributed by atoms with E-state index >= 15 is 0 Å². The van der Waals surface area contributed by atoms with Crippen molar-refractivity contribution in [3.63, 3.8) is 0 Å². The van der Waals surface area contributed by atoms with E-state index in [0.717, 1.165) is 6.61 Å². The Labute approximate surface area is 66.8 Å². The van der Waals surface area contributed by atoms with Gasteiger partial charge in [-0.05, 0) is 6.92 Å². The van der Waals surface area contributed by atoms with Crippen LogP contribution < -0.4 is 0 Å². The molecule has 2 heteroatoms. The van der Waals surface area contributed by atoms with Crippen LogP contribution in [0.3, 0.4) is 0 Å². The van der Waals surface area contributed by atoms with E-state index in [1.54, 1.807) is 6.26 Å². The lowest BCUT2D eigenvalue weighted by Gasteiger charge is -2.36. The first-order valence-electron chi connectivity index (χ1n) is 3.57. The Morgan fingerprint density at radius 2 is 2.30 bits per heavy atom. The molecule has 1 nitrogen and oxygen atoms in total. The van der Waals surface area contributed by atoms with Crippen LogP contribution in [0.5, 0.6) is 0 Å². The van der Waals surface area contributed by atoms with E-state index < -0.39 is 0 Å². The smallest absolute Gasteiger partial charge is 0.0942 e. The second-order valence-corrected chi connectivity index (χ2v) is 4.07. The Kier molecular flexibility index (Phi) is 2.66. The predicted molar refractivity (Wildman–Crippen MR) is 46.2 cm³/mol. The molecule has 0 aliphatic carbocycles. The van der Waals surface area contributed by atoms with Crippen LogP contribution in [0, 0.1) is 5.41 Å². The van der Waals surface area contributed by atoms with Crippen LogP contribution in [0.2, 0.25) is 0 Å². The quantitative estimate of drug-likeness (QED) is 0.583. The summed E-state index contributed by atoms with van der Waals surface area (Å²) >= 11 is 2.00. The summed E-state index contributed by atoms with van der Waals surface area (Å²) in [6, 6.07) is 0. The molecule has 0 saturated carbocycles. The number of hydrogen-bond acceptors (Lipinski definition) is 2. The fourth-order valence-corrected chi connectivity index (χ4v) is 1.95. The molecule has 1 aliphatic rings. The summed E-state index contributed by atoms with van der Waals surface area (Å²) in [7, 11) is 0. The lowest BCUT2D eigenvalue weighted by Crippen LogP contribution is -2.36. The maximum absolute atomic E-state index is 5.30. The van der Waals surface area contributed by atoms with Gasteiger partial charge >= 0.3 is 0 Å². The van der Waals surface area contributed by atoms with E-state index in [1.165, 1.54) is 11.5 Å². The van der Waals surface area contributed by atoms with Crippen LogP contribution in [0.25, 0.3) is 0 Å². The van der Waals surface area contributed by atoms with Gasteiger partial charge in [0.2, 0.25) is 0 Å².